The second-order valence-corrected chi connectivity index (χ2v) is 7.88. The number of ether oxygens (including phenoxy) is 1. The van der Waals surface area contributed by atoms with Crippen molar-refractivity contribution in [2.45, 2.75) is 49.6 Å². The van der Waals surface area contributed by atoms with Crippen molar-refractivity contribution in [3.63, 3.8) is 0 Å². The van der Waals surface area contributed by atoms with Gasteiger partial charge in [-0.1, -0.05) is 11.8 Å². The highest BCUT2D eigenvalue weighted by Gasteiger charge is 2.32. The highest BCUT2D eigenvalue weighted by molar-refractivity contribution is 8.01. The zero-order chi connectivity index (χ0) is 14.8. The van der Waals surface area contributed by atoms with Gasteiger partial charge >= 0.3 is 0 Å². The summed E-state index contributed by atoms with van der Waals surface area (Å²) in [5.74, 6) is 0.631. The van der Waals surface area contributed by atoms with Gasteiger partial charge in [0.25, 0.3) is 0 Å². The molecule has 20 heavy (non-hydrogen) atoms. The van der Waals surface area contributed by atoms with Crippen molar-refractivity contribution < 1.29 is 9.53 Å². The van der Waals surface area contributed by atoms with Crippen LogP contribution in [0.1, 0.15) is 32.4 Å². The summed E-state index contributed by atoms with van der Waals surface area (Å²) in [5.41, 5.74) is 0.890. The highest BCUT2D eigenvalue weighted by atomic mass is 32.2. The fraction of sp³-hybridized carbons (Fsp3) is 0.714. The van der Waals surface area contributed by atoms with Gasteiger partial charge in [-0.05, 0) is 33.6 Å². The van der Waals surface area contributed by atoms with Gasteiger partial charge < -0.3 is 9.64 Å². The van der Waals surface area contributed by atoms with Crippen LogP contribution in [0.5, 0.6) is 0 Å². The van der Waals surface area contributed by atoms with Crippen LogP contribution in [0.3, 0.4) is 0 Å². The monoisotopic (exact) mass is 314 g/mol. The third-order valence-corrected chi connectivity index (χ3v) is 5.65. The smallest absolute Gasteiger partial charge is 0.233 e. The minimum atomic E-state index is -0.128. The number of hydrogen-bond donors (Lipinski definition) is 0. The summed E-state index contributed by atoms with van der Waals surface area (Å²) in [6.45, 7) is 6.88. The van der Waals surface area contributed by atoms with Gasteiger partial charge in [-0.15, -0.1) is 11.3 Å². The van der Waals surface area contributed by atoms with Gasteiger partial charge in [0.15, 0.2) is 4.34 Å². The summed E-state index contributed by atoms with van der Waals surface area (Å²) in [7, 11) is 1.90. The molecule has 1 amide bonds. The minimum Gasteiger partial charge on any atom is -0.375 e. The molecule has 0 radical (unpaired) electrons. The minimum absolute atomic E-state index is 0.128. The molecule has 0 spiro atoms. The Labute approximate surface area is 128 Å². The molecule has 1 aliphatic heterocycles. The van der Waals surface area contributed by atoms with E-state index in [1.165, 1.54) is 11.8 Å². The Balaban J connectivity index is 1.85. The molecule has 1 aromatic rings. The number of thioether (sulfide) groups is 1. The average Bonchev–Trinajstić information content (AvgIpc) is 2.79. The number of aryl methyl sites for hydroxylation is 1. The van der Waals surface area contributed by atoms with Crippen LogP contribution >= 0.6 is 23.1 Å². The molecule has 112 valence electrons. The topological polar surface area (TPSA) is 42.4 Å². The van der Waals surface area contributed by atoms with Crippen LogP contribution < -0.4 is 0 Å². The van der Waals surface area contributed by atoms with E-state index < -0.39 is 0 Å². The Kier molecular flexibility index (Phi) is 5.09. The van der Waals surface area contributed by atoms with Crippen molar-refractivity contribution in [2.24, 2.45) is 0 Å². The zero-order valence-electron chi connectivity index (χ0n) is 12.5. The summed E-state index contributed by atoms with van der Waals surface area (Å²) in [6.07, 6.45) is 1.82. The molecule has 0 aromatic carbocycles. The van der Waals surface area contributed by atoms with E-state index in [2.05, 4.69) is 18.8 Å². The van der Waals surface area contributed by atoms with Crippen molar-refractivity contribution in [1.82, 2.24) is 9.88 Å². The van der Waals surface area contributed by atoms with Gasteiger partial charge in [-0.2, -0.15) is 0 Å². The van der Waals surface area contributed by atoms with Gasteiger partial charge in [-0.3, -0.25) is 4.79 Å². The van der Waals surface area contributed by atoms with Crippen molar-refractivity contribution in [1.29, 1.82) is 0 Å². The van der Waals surface area contributed by atoms with Crippen LogP contribution in [-0.4, -0.2) is 46.8 Å². The molecule has 0 aliphatic carbocycles. The maximum Gasteiger partial charge on any atom is 0.233 e. The lowest BCUT2D eigenvalue weighted by Gasteiger charge is -2.39. The molecular weight excluding hydrogens is 292 g/mol. The molecule has 0 N–H and O–H groups in total. The van der Waals surface area contributed by atoms with Crippen molar-refractivity contribution >= 4 is 29.0 Å². The lowest BCUT2D eigenvalue weighted by Crippen LogP contribution is -2.47. The van der Waals surface area contributed by atoms with Crippen molar-refractivity contribution in [2.75, 3.05) is 19.4 Å². The van der Waals surface area contributed by atoms with E-state index in [0.717, 1.165) is 29.5 Å². The largest absolute Gasteiger partial charge is 0.375 e. The zero-order valence-corrected chi connectivity index (χ0v) is 14.1. The molecule has 0 saturated carbocycles. The Morgan fingerprint density at radius 3 is 3.00 bits per heavy atom. The molecule has 2 rings (SSSR count). The lowest BCUT2D eigenvalue weighted by molar-refractivity contribution is -0.135. The molecule has 1 atom stereocenters. The number of amides is 1. The van der Waals surface area contributed by atoms with Crippen LogP contribution in [0.25, 0.3) is 0 Å². The Morgan fingerprint density at radius 2 is 2.40 bits per heavy atom. The van der Waals surface area contributed by atoms with Crippen molar-refractivity contribution in [3.05, 3.63) is 11.1 Å². The van der Waals surface area contributed by atoms with Gasteiger partial charge in [0.2, 0.25) is 5.91 Å². The first-order valence-electron chi connectivity index (χ1n) is 6.82. The van der Waals surface area contributed by atoms with Crippen molar-refractivity contribution in [3.8, 4) is 0 Å². The first-order chi connectivity index (χ1) is 9.37. The second kappa shape index (κ2) is 6.45. The number of aromatic nitrogens is 1. The van der Waals surface area contributed by atoms with E-state index in [-0.39, 0.29) is 17.6 Å². The molecule has 4 nitrogen and oxygen atoms in total. The number of rotatable bonds is 4. The molecular formula is C14H22N2O2S2. The maximum atomic E-state index is 12.3. The second-order valence-electron chi connectivity index (χ2n) is 5.80. The lowest BCUT2D eigenvalue weighted by atomic mass is 9.93. The quantitative estimate of drug-likeness (QED) is 0.801. The maximum absolute atomic E-state index is 12.3. The molecule has 1 aliphatic rings. The summed E-state index contributed by atoms with van der Waals surface area (Å²) in [6, 6.07) is 0.282. The third kappa shape index (κ3) is 4.20. The fourth-order valence-electron chi connectivity index (χ4n) is 2.36. The molecule has 2 heterocycles. The number of thiazole rings is 1. The third-order valence-electron chi connectivity index (χ3n) is 3.53. The summed E-state index contributed by atoms with van der Waals surface area (Å²) < 4.78 is 6.68. The fourth-order valence-corrected chi connectivity index (χ4v) is 4.13. The normalized spacial score (nSPS) is 21.7. The number of nitrogens with zero attached hydrogens (tertiary/aromatic N) is 2. The molecule has 6 heteroatoms. The first kappa shape index (κ1) is 15.8. The number of hydrogen-bond acceptors (Lipinski definition) is 5. The van der Waals surface area contributed by atoms with Crippen LogP contribution in [0, 0.1) is 6.92 Å². The number of carbonyl (C=O) groups is 1. The SMILES string of the molecule is Cc1csc(SCC(=O)N(C)[C@@H]2CCOC(C)(C)C2)n1. The van der Waals surface area contributed by atoms with E-state index in [4.69, 9.17) is 4.74 Å². The Bertz CT molecular complexity index is 473. The molecule has 1 aromatic heterocycles. The predicted octanol–water partition coefficient (Wildman–Crippen LogP) is 2.96. The molecule has 0 unspecified atom stereocenters. The predicted molar refractivity (Wildman–Crippen MR) is 83.4 cm³/mol. The van der Waals surface area contributed by atoms with Gasteiger partial charge in [0.05, 0.1) is 11.4 Å². The molecule has 1 saturated heterocycles. The molecule has 0 bridgehead atoms. The van der Waals surface area contributed by atoms with Gasteiger partial charge in [0, 0.05) is 30.8 Å². The van der Waals surface area contributed by atoms with E-state index in [9.17, 15) is 4.79 Å². The molecule has 1 fully saturated rings. The van der Waals surface area contributed by atoms with Crippen LogP contribution in [0.4, 0.5) is 0 Å². The summed E-state index contributed by atoms with van der Waals surface area (Å²) in [5, 5.41) is 2.01. The van der Waals surface area contributed by atoms with E-state index >= 15 is 0 Å². The van der Waals surface area contributed by atoms with Crippen LogP contribution in [0.2, 0.25) is 0 Å². The van der Waals surface area contributed by atoms with E-state index in [1.807, 2.05) is 24.3 Å². The highest BCUT2D eigenvalue weighted by Crippen LogP contribution is 2.28. The van der Waals surface area contributed by atoms with Crippen LogP contribution in [-0.2, 0) is 9.53 Å². The average molecular weight is 314 g/mol. The van der Waals surface area contributed by atoms with Gasteiger partial charge in [-0.25, -0.2) is 4.98 Å². The summed E-state index contributed by atoms with van der Waals surface area (Å²) in [4.78, 5) is 18.5. The standard InChI is InChI=1S/C14H22N2O2S2/c1-10-8-19-13(15-10)20-9-12(17)16(4)11-5-6-18-14(2,3)7-11/h8,11H,5-7,9H2,1-4H3/t11-/m1/s1. The van der Waals surface area contributed by atoms with E-state index in [1.54, 1.807) is 11.3 Å². The Morgan fingerprint density at radius 1 is 1.65 bits per heavy atom. The number of carbonyl (C=O) groups excluding carboxylic acids is 1. The summed E-state index contributed by atoms with van der Waals surface area (Å²) >= 11 is 3.13. The van der Waals surface area contributed by atoms with E-state index in [0.29, 0.717) is 5.75 Å². The Hall–Kier alpha value is -0.590. The van der Waals surface area contributed by atoms with Gasteiger partial charge in [0.1, 0.15) is 0 Å². The van der Waals surface area contributed by atoms with Crippen LogP contribution in [0.15, 0.2) is 9.72 Å². The first-order valence-corrected chi connectivity index (χ1v) is 8.68.